The number of carbonyl (C=O) groups excluding carboxylic acids is 2. The van der Waals surface area contributed by atoms with Crippen LogP contribution in [0.3, 0.4) is 0 Å². The van der Waals surface area contributed by atoms with E-state index in [4.69, 9.17) is 5.21 Å². The quantitative estimate of drug-likeness (QED) is 0.658. The molecule has 1 aromatic rings. The zero-order valence-corrected chi connectivity index (χ0v) is 15.2. The molecule has 2 amide bonds. The number of aryl methyl sites for hydroxylation is 1. The molecular formula is C19H28N2O3. The predicted octanol–water partition coefficient (Wildman–Crippen LogP) is 2.65. The topological polar surface area (TPSA) is 69.6 Å². The van der Waals surface area contributed by atoms with Crippen molar-refractivity contribution in [3.05, 3.63) is 35.4 Å². The first-order valence-corrected chi connectivity index (χ1v) is 8.40. The van der Waals surface area contributed by atoms with Gasteiger partial charge in [-0.3, -0.25) is 14.8 Å². The third-order valence-electron chi connectivity index (χ3n) is 5.20. The zero-order chi connectivity index (χ0) is 18.1. The monoisotopic (exact) mass is 332 g/mol. The minimum Gasteiger partial charge on any atom is -0.341 e. The molecule has 1 heterocycles. The molecule has 0 saturated carbocycles. The van der Waals surface area contributed by atoms with E-state index >= 15 is 0 Å². The first-order chi connectivity index (χ1) is 11.1. The number of hydrogen-bond acceptors (Lipinski definition) is 3. The van der Waals surface area contributed by atoms with Gasteiger partial charge in [0.1, 0.15) is 0 Å². The molecule has 2 N–H and O–H groups in total. The van der Waals surface area contributed by atoms with Gasteiger partial charge in [-0.25, -0.2) is 5.48 Å². The Morgan fingerprint density at radius 3 is 2.42 bits per heavy atom. The minimum atomic E-state index is -0.550. The molecule has 1 aliphatic rings. The molecule has 1 fully saturated rings. The predicted molar refractivity (Wildman–Crippen MR) is 92.6 cm³/mol. The van der Waals surface area contributed by atoms with Gasteiger partial charge in [0.15, 0.2) is 0 Å². The van der Waals surface area contributed by atoms with E-state index in [9.17, 15) is 9.59 Å². The van der Waals surface area contributed by atoms with Crippen molar-refractivity contribution >= 4 is 11.8 Å². The SMILES string of the molecule is Cc1ccc(C2(C)CCN(CC(C(=O)NO)C(C)(C)C)C2=O)cc1. The van der Waals surface area contributed by atoms with Crippen LogP contribution in [0.2, 0.25) is 0 Å². The lowest BCUT2D eigenvalue weighted by Crippen LogP contribution is -2.46. The Kier molecular flexibility index (Phi) is 5.04. The summed E-state index contributed by atoms with van der Waals surface area (Å²) in [6.07, 6.45) is 0.729. The van der Waals surface area contributed by atoms with Gasteiger partial charge in [-0.2, -0.15) is 0 Å². The van der Waals surface area contributed by atoms with Gasteiger partial charge in [-0.1, -0.05) is 50.6 Å². The normalized spacial score (nSPS) is 22.6. The Balaban J connectivity index is 2.21. The van der Waals surface area contributed by atoms with Gasteiger partial charge in [0.25, 0.3) is 0 Å². The summed E-state index contributed by atoms with van der Waals surface area (Å²) < 4.78 is 0. The standard InChI is InChI=1S/C19H28N2O3/c1-13-6-8-14(9-7-13)19(5)10-11-21(17(19)23)12-15(16(22)20-24)18(2,3)4/h6-9,15,24H,10-12H2,1-5H3,(H,20,22). The van der Waals surface area contributed by atoms with Gasteiger partial charge in [-0.15, -0.1) is 0 Å². The fraction of sp³-hybridized carbons (Fsp3) is 0.579. The van der Waals surface area contributed by atoms with Crippen LogP contribution in [-0.2, 0) is 15.0 Å². The smallest absolute Gasteiger partial charge is 0.248 e. The molecule has 0 radical (unpaired) electrons. The molecule has 2 unspecified atom stereocenters. The van der Waals surface area contributed by atoms with E-state index in [1.54, 1.807) is 10.4 Å². The van der Waals surface area contributed by atoms with Gasteiger partial charge < -0.3 is 4.90 Å². The van der Waals surface area contributed by atoms with Crippen molar-refractivity contribution in [1.29, 1.82) is 0 Å². The third-order valence-corrected chi connectivity index (χ3v) is 5.20. The lowest BCUT2D eigenvalue weighted by molar-refractivity contribution is -0.140. The largest absolute Gasteiger partial charge is 0.341 e. The molecule has 2 atom stereocenters. The number of carbonyl (C=O) groups is 2. The van der Waals surface area contributed by atoms with E-state index in [1.807, 2.05) is 58.9 Å². The molecule has 5 heteroatoms. The van der Waals surface area contributed by atoms with E-state index < -0.39 is 17.2 Å². The van der Waals surface area contributed by atoms with Crippen LogP contribution >= 0.6 is 0 Å². The number of likely N-dealkylation sites (tertiary alicyclic amines) is 1. The number of benzene rings is 1. The molecule has 0 aliphatic carbocycles. The highest BCUT2D eigenvalue weighted by molar-refractivity contribution is 5.90. The summed E-state index contributed by atoms with van der Waals surface area (Å²) >= 11 is 0. The minimum absolute atomic E-state index is 0.0475. The highest BCUT2D eigenvalue weighted by Gasteiger charge is 2.46. The maximum Gasteiger partial charge on any atom is 0.248 e. The summed E-state index contributed by atoms with van der Waals surface area (Å²) in [6, 6.07) is 8.07. The van der Waals surface area contributed by atoms with Crippen molar-refractivity contribution in [2.75, 3.05) is 13.1 Å². The lowest BCUT2D eigenvalue weighted by atomic mass is 9.79. The summed E-state index contributed by atoms with van der Waals surface area (Å²) in [5.74, 6) is -0.864. The maximum absolute atomic E-state index is 13.0. The van der Waals surface area contributed by atoms with Crippen LogP contribution in [0, 0.1) is 18.3 Å². The van der Waals surface area contributed by atoms with Crippen LogP contribution in [0.5, 0.6) is 0 Å². The van der Waals surface area contributed by atoms with Gasteiger partial charge in [-0.05, 0) is 31.2 Å². The number of nitrogens with zero attached hydrogens (tertiary/aromatic N) is 1. The molecule has 0 spiro atoms. The van der Waals surface area contributed by atoms with Gasteiger partial charge in [0.2, 0.25) is 11.8 Å². The van der Waals surface area contributed by atoms with Crippen molar-refractivity contribution in [3.63, 3.8) is 0 Å². The second kappa shape index (κ2) is 6.55. The molecule has 0 bridgehead atoms. The Bertz CT molecular complexity index is 618. The summed E-state index contributed by atoms with van der Waals surface area (Å²) in [4.78, 5) is 26.8. The van der Waals surface area contributed by atoms with Crippen LogP contribution in [0.25, 0.3) is 0 Å². The fourth-order valence-corrected chi connectivity index (χ4v) is 3.33. The number of rotatable bonds is 4. The fourth-order valence-electron chi connectivity index (χ4n) is 3.33. The summed E-state index contributed by atoms with van der Waals surface area (Å²) in [7, 11) is 0. The van der Waals surface area contributed by atoms with Gasteiger partial charge >= 0.3 is 0 Å². The second-order valence-corrected chi connectivity index (χ2v) is 8.09. The highest BCUT2D eigenvalue weighted by atomic mass is 16.5. The maximum atomic E-state index is 13.0. The van der Waals surface area contributed by atoms with E-state index in [0.717, 1.165) is 17.5 Å². The molecule has 24 heavy (non-hydrogen) atoms. The van der Waals surface area contributed by atoms with E-state index in [0.29, 0.717) is 13.1 Å². The van der Waals surface area contributed by atoms with Crippen LogP contribution in [0.15, 0.2) is 24.3 Å². The summed E-state index contributed by atoms with van der Waals surface area (Å²) in [5, 5.41) is 9.01. The van der Waals surface area contributed by atoms with Crippen molar-refractivity contribution in [2.45, 2.75) is 46.5 Å². The van der Waals surface area contributed by atoms with E-state index in [-0.39, 0.29) is 11.3 Å². The van der Waals surface area contributed by atoms with Crippen molar-refractivity contribution in [2.24, 2.45) is 11.3 Å². The molecule has 132 valence electrons. The van der Waals surface area contributed by atoms with Crippen LogP contribution in [0.1, 0.15) is 45.2 Å². The summed E-state index contributed by atoms with van der Waals surface area (Å²) in [6.45, 7) is 10.7. The molecular weight excluding hydrogens is 304 g/mol. The van der Waals surface area contributed by atoms with Gasteiger partial charge in [0, 0.05) is 13.1 Å². The first kappa shape index (κ1) is 18.5. The van der Waals surface area contributed by atoms with Crippen molar-refractivity contribution in [1.82, 2.24) is 10.4 Å². The molecule has 0 aromatic heterocycles. The Labute approximate surface area is 144 Å². The third kappa shape index (κ3) is 3.46. The molecule has 1 saturated heterocycles. The second-order valence-electron chi connectivity index (χ2n) is 8.09. The van der Waals surface area contributed by atoms with E-state index in [1.165, 1.54) is 0 Å². The number of nitrogens with one attached hydrogen (secondary N) is 1. The average Bonchev–Trinajstić information content (AvgIpc) is 2.80. The average molecular weight is 332 g/mol. The van der Waals surface area contributed by atoms with Gasteiger partial charge in [0.05, 0.1) is 11.3 Å². The molecule has 1 aromatic carbocycles. The van der Waals surface area contributed by atoms with Crippen molar-refractivity contribution in [3.8, 4) is 0 Å². The Morgan fingerprint density at radius 2 is 1.92 bits per heavy atom. The Morgan fingerprint density at radius 1 is 1.33 bits per heavy atom. The van der Waals surface area contributed by atoms with Crippen LogP contribution in [-0.4, -0.2) is 35.0 Å². The first-order valence-electron chi connectivity index (χ1n) is 8.40. The lowest BCUT2D eigenvalue weighted by Gasteiger charge is -2.33. The van der Waals surface area contributed by atoms with Crippen LogP contribution in [0.4, 0.5) is 0 Å². The Hall–Kier alpha value is -1.88. The number of amides is 2. The molecule has 1 aliphatic heterocycles. The van der Waals surface area contributed by atoms with E-state index in [2.05, 4.69) is 0 Å². The van der Waals surface area contributed by atoms with Crippen LogP contribution < -0.4 is 5.48 Å². The van der Waals surface area contributed by atoms with Crippen molar-refractivity contribution < 1.29 is 14.8 Å². The number of hydrogen-bond donors (Lipinski definition) is 2. The number of hydroxylamine groups is 1. The molecule has 5 nitrogen and oxygen atoms in total. The summed E-state index contributed by atoms with van der Waals surface area (Å²) in [5.41, 5.74) is 3.02. The molecule has 2 rings (SSSR count). The zero-order valence-electron chi connectivity index (χ0n) is 15.2. The highest BCUT2D eigenvalue weighted by Crippen LogP contribution is 2.37.